The van der Waals surface area contributed by atoms with Crippen LogP contribution in [0.1, 0.15) is 16.8 Å². The normalized spacial score (nSPS) is 11.9. The number of aromatic nitrogens is 2. The van der Waals surface area contributed by atoms with Crippen molar-refractivity contribution in [3.05, 3.63) is 93.9 Å². The summed E-state index contributed by atoms with van der Waals surface area (Å²) in [5.41, 5.74) is 5.31. The van der Waals surface area contributed by atoms with E-state index in [2.05, 4.69) is 10.1 Å². The molecular formula is C21H15Cl2N3O. The highest BCUT2D eigenvalue weighted by Gasteiger charge is 2.19. The highest BCUT2D eigenvalue weighted by Crippen LogP contribution is 2.29. The number of oxime groups is 1. The molecule has 2 aromatic heterocycles. The third-order valence-corrected chi connectivity index (χ3v) is 5.06. The highest BCUT2D eigenvalue weighted by molar-refractivity contribution is 6.41. The largest absolute Gasteiger partial charge is 0.410 e. The zero-order valence-corrected chi connectivity index (χ0v) is 15.9. The van der Waals surface area contributed by atoms with E-state index in [-0.39, 0.29) is 0 Å². The first kappa shape index (κ1) is 17.6. The van der Waals surface area contributed by atoms with Gasteiger partial charge in [0.1, 0.15) is 5.71 Å². The molecule has 1 N–H and O–H groups in total. The summed E-state index contributed by atoms with van der Waals surface area (Å²) in [7, 11) is 0. The Hall–Kier alpha value is -2.82. The minimum atomic E-state index is 0.298. The van der Waals surface area contributed by atoms with Gasteiger partial charge in [0.25, 0.3) is 0 Å². The van der Waals surface area contributed by atoms with E-state index in [1.165, 1.54) is 5.56 Å². The van der Waals surface area contributed by atoms with Crippen molar-refractivity contribution in [2.75, 3.05) is 0 Å². The minimum Gasteiger partial charge on any atom is -0.410 e. The molecule has 4 aromatic rings. The summed E-state index contributed by atoms with van der Waals surface area (Å²) >= 11 is 12.6. The molecule has 0 unspecified atom stereocenters. The first-order chi connectivity index (χ1) is 13.1. The van der Waals surface area contributed by atoms with Crippen LogP contribution in [0.2, 0.25) is 10.0 Å². The molecule has 0 atom stereocenters. The second-order valence-electron chi connectivity index (χ2n) is 6.20. The van der Waals surface area contributed by atoms with Crippen LogP contribution in [-0.4, -0.2) is 20.3 Å². The SMILES string of the molecule is Cc1ccc(-c2cn3c(/C(=N\O)c4c(Cl)cccc4Cl)ccc3cn2)cc1. The summed E-state index contributed by atoms with van der Waals surface area (Å²) in [6.45, 7) is 2.04. The summed E-state index contributed by atoms with van der Waals surface area (Å²) < 4.78 is 1.91. The van der Waals surface area contributed by atoms with Crippen LogP contribution < -0.4 is 0 Å². The molecule has 2 aromatic carbocycles. The number of aryl methyl sites for hydroxylation is 1. The Morgan fingerprint density at radius 2 is 1.70 bits per heavy atom. The zero-order valence-electron chi connectivity index (χ0n) is 14.4. The molecule has 0 aliphatic heterocycles. The molecule has 27 heavy (non-hydrogen) atoms. The number of hydrogen-bond acceptors (Lipinski definition) is 3. The predicted octanol–water partition coefficient (Wildman–Crippen LogP) is 5.84. The molecule has 134 valence electrons. The lowest BCUT2D eigenvalue weighted by Crippen LogP contribution is -2.09. The second-order valence-corrected chi connectivity index (χ2v) is 7.01. The topological polar surface area (TPSA) is 49.9 Å². The molecule has 0 aliphatic rings. The van der Waals surface area contributed by atoms with Crippen LogP contribution in [0.4, 0.5) is 0 Å². The Morgan fingerprint density at radius 3 is 2.37 bits per heavy atom. The molecule has 0 bridgehead atoms. The van der Waals surface area contributed by atoms with Gasteiger partial charge in [0, 0.05) is 17.3 Å². The fourth-order valence-corrected chi connectivity index (χ4v) is 3.60. The molecule has 0 saturated heterocycles. The molecule has 0 radical (unpaired) electrons. The quantitative estimate of drug-likeness (QED) is 0.269. The number of halogens is 2. The van der Waals surface area contributed by atoms with E-state index in [0.717, 1.165) is 16.8 Å². The molecule has 4 rings (SSSR count). The van der Waals surface area contributed by atoms with Crippen LogP contribution in [-0.2, 0) is 0 Å². The average Bonchev–Trinajstić information content (AvgIpc) is 3.08. The lowest BCUT2D eigenvalue weighted by molar-refractivity contribution is 0.319. The van der Waals surface area contributed by atoms with E-state index >= 15 is 0 Å². The molecule has 0 saturated carbocycles. The van der Waals surface area contributed by atoms with Crippen molar-refractivity contribution in [1.29, 1.82) is 0 Å². The van der Waals surface area contributed by atoms with Crippen LogP contribution in [0, 0.1) is 6.92 Å². The Morgan fingerprint density at radius 1 is 1.00 bits per heavy atom. The van der Waals surface area contributed by atoms with E-state index in [1.54, 1.807) is 24.4 Å². The van der Waals surface area contributed by atoms with Crippen molar-refractivity contribution >= 4 is 34.4 Å². The van der Waals surface area contributed by atoms with Gasteiger partial charge in [-0.3, -0.25) is 4.98 Å². The van der Waals surface area contributed by atoms with E-state index in [9.17, 15) is 5.21 Å². The number of hydrogen-bond donors (Lipinski definition) is 1. The smallest absolute Gasteiger partial charge is 0.136 e. The first-order valence-electron chi connectivity index (χ1n) is 8.29. The van der Waals surface area contributed by atoms with Crippen molar-refractivity contribution in [3.63, 3.8) is 0 Å². The van der Waals surface area contributed by atoms with Gasteiger partial charge in [0.15, 0.2) is 0 Å². The first-order valence-corrected chi connectivity index (χ1v) is 9.05. The van der Waals surface area contributed by atoms with Crippen molar-refractivity contribution in [3.8, 4) is 11.3 Å². The van der Waals surface area contributed by atoms with Gasteiger partial charge in [0.05, 0.1) is 33.1 Å². The molecule has 6 heteroatoms. The molecule has 0 aliphatic carbocycles. The van der Waals surface area contributed by atoms with E-state index in [1.807, 2.05) is 53.9 Å². The van der Waals surface area contributed by atoms with E-state index in [0.29, 0.717) is 27.0 Å². The number of fused-ring (bicyclic) bond motifs is 1. The lowest BCUT2D eigenvalue weighted by Gasteiger charge is -2.10. The van der Waals surface area contributed by atoms with Gasteiger partial charge < -0.3 is 9.61 Å². The van der Waals surface area contributed by atoms with Crippen LogP contribution in [0.25, 0.3) is 16.8 Å². The Bertz CT molecular complexity index is 1140. The molecule has 0 spiro atoms. The summed E-state index contributed by atoms with van der Waals surface area (Å²) in [6, 6.07) is 17.1. The van der Waals surface area contributed by atoms with Crippen molar-refractivity contribution in [2.45, 2.75) is 6.92 Å². The molecule has 0 fully saturated rings. The third-order valence-electron chi connectivity index (χ3n) is 4.43. The standard InChI is InChI=1S/C21H15Cl2N3O/c1-13-5-7-14(8-6-13)18-12-26-15(11-24-18)9-10-19(26)21(25-27)20-16(22)3-2-4-17(20)23/h2-12,27H,1H3/b25-21+. The maximum absolute atomic E-state index is 9.72. The van der Waals surface area contributed by atoms with Crippen LogP contribution in [0.15, 0.2) is 72.1 Å². The van der Waals surface area contributed by atoms with Crippen LogP contribution in [0.5, 0.6) is 0 Å². The molecule has 0 amide bonds. The van der Waals surface area contributed by atoms with Gasteiger partial charge in [-0.05, 0) is 31.2 Å². The van der Waals surface area contributed by atoms with Gasteiger partial charge in [-0.2, -0.15) is 0 Å². The summed E-state index contributed by atoms with van der Waals surface area (Å²) in [5.74, 6) is 0. The number of rotatable bonds is 3. The van der Waals surface area contributed by atoms with Gasteiger partial charge in [-0.15, -0.1) is 0 Å². The van der Waals surface area contributed by atoms with Crippen molar-refractivity contribution in [2.24, 2.45) is 5.16 Å². The van der Waals surface area contributed by atoms with Gasteiger partial charge >= 0.3 is 0 Å². The number of nitrogens with zero attached hydrogens (tertiary/aromatic N) is 3. The maximum atomic E-state index is 9.72. The minimum absolute atomic E-state index is 0.298. The zero-order chi connectivity index (χ0) is 19.0. The van der Waals surface area contributed by atoms with E-state index < -0.39 is 0 Å². The Balaban J connectivity index is 1.89. The molecular weight excluding hydrogens is 381 g/mol. The van der Waals surface area contributed by atoms with Crippen molar-refractivity contribution in [1.82, 2.24) is 9.38 Å². The van der Waals surface area contributed by atoms with E-state index in [4.69, 9.17) is 23.2 Å². The van der Waals surface area contributed by atoms with Gasteiger partial charge in [-0.25, -0.2) is 0 Å². The maximum Gasteiger partial charge on any atom is 0.136 e. The third kappa shape index (κ3) is 3.18. The monoisotopic (exact) mass is 395 g/mol. The fraction of sp³-hybridized carbons (Fsp3) is 0.0476. The second kappa shape index (κ2) is 7.06. The van der Waals surface area contributed by atoms with Crippen LogP contribution in [0.3, 0.4) is 0 Å². The molecule has 4 nitrogen and oxygen atoms in total. The summed E-state index contributed by atoms with van der Waals surface area (Å²) in [5, 5.41) is 14.0. The summed E-state index contributed by atoms with van der Waals surface area (Å²) in [6.07, 6.45) is 3.69. The fourth-order valence-electron chi connectivity index (χ4n) is 3.02. The summed E-state index contributed by atoms with van der Waals surface area (Å²) in [4.78, 5) is 4.54. The van der Waals surface area contributed by atoms with Gasteiger partial charge in [0.2, 0.25) is 0 Å². The Labute approximate surface area is 166 Å². The Kier molecular flexibility index (Phi) is 4.60. The predicted molar refractivity (Wildman–Crippen MR) is 109 cm³/mol. The van der Waals surface area contributed by atoms with Crippen molar-refractivity contribution < 1.29 is 5.21 Å². The average molecular weight is 396 g/mol. The highest BCUT2D eigenvalue weighted by atomic mass is 35.5. The van der Waals surface area contributed by atoms with Crippen LogP contribution >= 0.6 is 23.2 Å². The number of benzene rings is 2. The van der Waals surface area contributed by atoms with Gasteiger partial charge in [-0.1, -0.05) is 64.3 Å². The lowest BCUT2D eigenvalue weighted by atomic mass is 10.1. The molecule has 2 heterocycles.